The van der Waals surface area contributed by atoms with Gasteiger partial charge in [0.15, 0.2) is 0 Å². The molecule has 18 heavy (non-hydrogen) atoms. The monoisotopic (exact) mass is 252 g/mol. The van der Waals surface area contributed by atoms with Crippen molar-refractivity contribution in [2.45, 2.75) is 52.1 Å². The van der Waals surface area contributed by atoms with Gasteiger partial charge in [-0.1, -0.05) is 12.8 Å². The molecule has 1 amide bonds. The third-order valence-electron chi connectivity index (χ3n) is 2.92. The molecule has 0 aromatic heterocycles. The number of carbonyl (C=O) groups is 2. The van der Waals surface area contributed by atoms with Gasteiger partial charge in [0, 0.05) is 0 Å². The summed E-state index contributed by atoms with van der Waals surface area (Å²) < 4.78 is 5.08. The van der Waals surface area contributed by atoms with E-state index in [2.05, 4.69) is 11.4 Å². The van der Waals surface area contributed by atoms with Gasteiger partial charge in [0.25, 0.3) is 0 Å². The van der Waals surface area contributed by atoms with E-state index in [1.807, 2.05) is 0 Å². The molecule has 0 aromatic rings. The summed E-state index contributed by atoms with van der Waals surface area (Å²) in [7, 11) is 0. The fourth-order valence-electron chi connectivity index (χ4n) is 2.07. The lowest BCUT2D eigenvalue weighted by atomic mass is 9.87. The van der Waals surface area contributed by atoms with Crippen LogP contribution in [0.25, 0.3) is 0 Å². The molecule has 0 radical (unpaired) electrons. The molecule has 1 rings (SSSR count). The van der Waals surface area contributed by atoms with Crippen LogP contribution in [-0.4, -0.2) is 24.0 Å². The van der Waals surface area contributed by atoms with Crippen molar-refractivity contribution in [3.8, 4) is 6.07 Å². The van der Waals surface area contributed by atoms with Gasteiger partial charge in [0.05, 0.1) is 6.07 Å². The molecule has 0 aromatic carbocycles. The van der Waals surface area contributed by atoms with Crippen molar-refractivity contribution >= 4 is 11.9 Å². The SMILES string of the molecule is CC(C)(C)OC(=O)CNC(=O)C1(C#N)CCCC1. The van der Waals surface area contributed by atoms with Crippen molar-refractivity contribution in [2.24, 2.45) is 5.41 Å². The fourth-order valence-corrected chi connectivity index (χ4v) is 2.07. The van der Waals surface area contributed by atoms with E-state index in [4.69, 9.17) is 10.00 Å². The van der Waals surface area contributed by atoms with Crippen molar-refractivity contribution in [2.75, 3.05) is 6.54 Å². The second-order valence-corrected chi connectivity index (χ2v) is 5.67. The highest BCUT2D eigenvalue weighted by molar-refractivity contribution is 5.88. The van der Waals surface area contributed by atoms with Crippen LogP contribution in [0.4, 0.5) is 0 Å². The van der Waals surface area contributed by atoms with Crippen molar-refractivity contribution in [1.82, 2.24) is 5.32 Å². The summed E-state index contributed by atoms with van der Waals surface area (Å²) >= 11 is 0. The summed E-state index contributed by atoms with van der Waals surface area (Å²) in [5, 5.41) is 11.6. The van der Waals surface area contributed by atoms with Crippen molar-refractivity contribution < 1.29 is 14.3 Å². The number of hydrogen-bond donors (Lipinski definition) is 1. The van der Waals surface area contributed by atoms with E-state index < -0.39 is 17.0 Å². The summed E-state index contributed by atoms with van der Waals surface area (Å²) in [4.78, 5) is 23.4. The quantitative estimate of drug-likeness (QED) is 0.772. The molecule has 0 spiro atoms. The zero-order valence-corrected chi connectivity index (χ0v) is 11.2. The molecule has 100 valence electrons. The second kappa shape index (κ2) is 5.38. The van der Waals surface area contributed by atoms with Gasteiger partial charge in [-0.2, -0.15) is 5.26 Å². The molecular formula is C13H20N2O3. The summed E-state index contributed by atoms with van der Waals surface area (Å²) in [6.07, 6.45) is 2.91. The van der Waals surface area contributed by atoms with Gasteiger partial charge in [-0.25, -0.2) is 0 Å². The van der Waals surface area contributed by atoms with E-state index in [0.717, 1.165) is 12.8 Å². The highest BCUT2D eigenvalue weighted by Crippen LogP contribution is 2.37. The molecule has 0 saturated heterocycles. The summed E-state index contributed by atoms with van der Waals surface area (Å²) in [5.41, 5.74) is -1.51. The van der Waals surface area contributed by atoms with Gasteiger partial charge < -0.3 is 10.1 Å². The van der Waals surface area contributed by atoms with E-state index in [9.17, 15) is 9.59 Å². The van der Waals surface area contributed by atoms with E-state index >= 15 is 0 Å². The van der Waals surface area contributed by atoms with Crippen LogP contribution < -0.4 is 5.32 Å². The molecule has 0 atom stereocenters. The summed E-state index contributed by atoms with van der Waals surface area (Å²) in [6, 6.07) is 2.09. The number of rotatable bonds is 3. The van der Waals surface area contributed by atoms with Crippen LogP contribution >= 0.6 is 0 Å². The first-order valence-electron chi connectivity index (χ1n) is 6.20. The largest absolute Gasteiger partial charge is 0.459 e. The maximum atomic E-state index is 11.9. The van der Waals surface area contributed by atoms with Gasteiger partial charge in [0.1, 0.15) is 17.6 Å². The van der Waals surface area contributed by atoms with Crippen LogP contribution in [0.5, 0.6) is 0 Å². The lowest BCUT2D eigenvalue weighted by Gasteiger charge is -2.21. The smallest absolute Gasteiger partial charge is 0.325 e. The molecule has 1 aliphatic carbocycles. The molecular weight excluding hydrogens is 232 g/mol. The lowest BCUT2D eigenvalue weighted by molar-refractivity contribution is -0.154. The topological polar surface area (TPSA) is 79.2 Å². The fraction of sp³-hybridized carbons (Fsp3) is 0.769. The predicted octanol–water partition coefficient (Wildman–Crippen LogP) is 1.53. The number of ether oxygens (including phenoxy) is 1. The molecule has 1 saturated carbocycles. The highest BCUT2D eigenvalue weighted by atomic mass is 16.6. The van der Waals surface area contributed by atoms with Crippen LogP contribution in [0.2, 0.25) is 0 Å². The number of hydrogen-bond acceptors (Lipinski definition) is 4. The Morgan fingerprint density at radius 1 is 1.33 bits per heavy atom. The highest BCUT2D eigenvalue weighted by Gasteiger charge is 2.41. The van der Waals surface area contributed by atoms with E-state index in [0.29, 0.717) is 12.8 Å². The Balaban J connectivity index is 2.47. The van der Waals surface area contributed by atoms with Gasteiger partial charge in [0.2, 0.25) is 5.91 Å². The van der Waals surface area contributed by atoms with Gasteiger partial charge in [-0.3, -0.25) is 9.59 Å². The Bertz CT molecular complexity index is 371. The van der Waals surface area contributed by atoms with Crippen molar-refractivity contribution in [3.63, 3.8) is 0 Å². The molecule has 0 heterocycles. The molecule has 1 N–H and O–H groups in total. The number of nitriles is 1. The minimum Gasteiger partial charge on any atom is -0.459 e. The zero-order valence-electron chi connectivity index (χ0n) is 11.2. The number of amides is 1. The Kier molecular flexibility index (Phi) is 4.33. The van der Waals surface area contributed by atoms with Crippen LogP contribution in [0.1, 0.15) is 46.5 Å². The molecule has 1 aliphatic rings. The first kappa shape index (κ1) is 14.5. The summed E-state index contributed by atoms with van der Waals surface area (Å²) in [5.74, 6) is -0.838. The number of nitrogens with one attached hydrogen (secondary N) is 1. The third-order valence-corrected chi connectivity index (χ3v) is 2.92. The molecule has 1 fully saturated rings. The predicted molar refractivity (Wildman–Crippen MR) is 65.4 cm³/mol. The number of esters is 1. The van der Waals surface area contributed by atoms with Gasteiger partial charge in [-0.05, 0) is 33.6 Å². The van der Waals surface area contributed by atoms with Crippen LogP contribution in [-0.2, 0) is 14.3 Å². The molecule has 0 unspecified atom stereocenters. The standard InChI is InChI=1S/C13H20N2O3/c1-12(2,3)18-10(16)8-15-11(17)13(9-14)6-4-5-7-13/h4-8H2,1-3H3,(H,15,17). The Labute approximate surface area is 107 Å². The molecule has 0 aliphatic heterocycles. The first-order chi connectivity index (χ1) is 8.29. The minimum absolute atomic E-state index is 0.181. The van der Waals surface area contributed by atoms with E-state index in [1.165, 1.54) is 0 Å². The average molecular weight is 252 g/mol. The van der Waals surface area contributed by atoms with Crippen LogP contribution in [0, 0.1) is 16.7 Å². The van der Waals surface area contributed by atoms with E-state index in [-0.39, 0.29) is 12.5 Å². The Morgan fingerprint density at radius 3 is 2.33 bits per heavy atom. The molecule has 5 heteroatoms. The van der Waals surface area contributed by atoms with E-state index in [1.54, 1.807) is 20.8 Å². The first-order valence-corrected chi connectivity index (χ1v) is 6.20. The Hall–Kier alpha value is -1.57. The third kappa shape index (κ3) is 3.73. The van der Waals surface area contributed by atoms with Crippen LogP contribution in [0.15, 0.2) is 0 Å². The maximum absolute atomic E-state index is 11.9. The minimum atomic E-state index is -0.942. The zero-order chi connectivity index (χ0) is 13.8. The second-order valence-electron chi connectivity index (χ2n) is 5.67. The van der Waals surface area contributed by atoms with Gasteiger partial charge in [-0.15, -0.1) is 0 Å². The molecule has 5 nitrogen and oxygen atoms in total. The van der Waals surface area contributed by atoms with Crippen LogP contribution in [0.3, 0.4) is 0 Å². The Morgan fingerprint density at radius 2 is 1.89 bits per heavy atom. The summed E-state index contributed by atoms with van der Waals surface area (Å²) in [6.45, 7) is 5.11. The maximum Gasteiger partial charge on any atom is 0.325 e. The normalized spacial score (nSPS) is 17.9. The average Bonchev–Trinajstić information content (AvgIpc) is 2.73. The lowest BCUT2D eigenvalue weighted by Crippen LogP contribution is -2.42. The van der Waals surface area contributed by atoms with Crippen molar-refractivity contribution in [1.29, 1.82) is 5.26 Å². The van der Waals surface area contributed by atoms with Gasteiger partial charge >= 0.3 is 5.97 Å². The molecule has 0 bridgehead atoms. The number of carbonyl (C=O) groups excluding carboxylic acids is 2. The number of nitrogens with zero attached hydrogens (tertiary/aromatic N) is 1. The van der Waals surface area contributed by atoms with Crippen molar-refractivity contribution in [3.05, 3.63) is 0 Å².